The molecule has 0 aromatic heterocycles. The molecule has 28 heavy (non-hydrogen) atoms. The van der Waals surface area contributed by atoms with Crippen LogP contribution in [0.5, 0.6) is 11.5 Å². The van der Waals surface area contributed by atoms with Crippen molar-refractivity contribution in [3.05, 3.63) is 59.7 Å². The minimum absolute atomic E-state index is 0.198. The van der Waals surface area contributed by atoms with E-state index in [1.54, 1.807) is 6.07 Å². The molecular weight excluding hydrogens is 356 g/mol. The van der Waals surface area contributed by atoms with Gasteiger partial charge < -0.3 is 9.47 Å². The van der Waals surface area contributed by atoms with Gasteiger partial charge in [0.15, 0.2) is 12.7 Å². The summed E-state index contributed by atoms with van der Waals surface area (Å²) in [6, 6.07) is 15.0. The van der Waals surface area contributed by atoms with E-state index in [9.17, 15) is 9.59 Å². The standard InChI is InChI=1S/C22H28N2O4/c1-5-20(28-19-8-6-7-16(4)13-19)22(26)24-23-21(25)14-27-18-11-9-17(10-12-18)15(2)3/h6-13,15,20H,5,14H2,1-4H3,(H,23,25)(H,24,26). The molecule has 0 spiro atoms. The van der Waals surface area contributed by atoms with Crippen molar-refractivity contribution in [1.82, 2.24) is 10.9 Å². The largest absolute Gasteiger partial charge is 0.484 e. The van der Waals surface area contributed by atoms with E-state index < -0.39 is 17.9 Å². The van der Waals surface area contributed by atoms with Gasteiger partial charge in [-0.25, -0.2) is 0 Å². The van der Waals surface area contributed by atoms with Gasteiger partial charge in [-0.3, -0.25) is 20.4 Å². The summed E-state index contributed by atoms with van der Waals surface area (Å²) in [6.45, 7) is 7.81. The summed E-state index contributed by atoms with van der Waals surface area (Å²) in [6.07, 6.45) is -0.236. The molecule has 0 bridgehead atoms. The van der Waals surface area contributed by atoms with Crippen LogP contribution in [-0.4, -0.2) is 24.5 Å². The summed E-state index contributed by atoms with van der Waals surface area (Å²) < 4.78 is 11.1. The van der Waals surface area contributed by atoms with E-state index in [4.69, 9.17) is 9.47 Å². The summed E-state index contributed by atoms with van der Waals surface area (Å²) >= 11 is 0. The first-order valence-electron chi connectivity index (χ1n) is 9.43. The molecule has 2 aromatic carbocycles. The Labute approximate surface area is 166 Å². The van der Waals surface area contributed by atoms with Gasteiger partial charge in [-0.1, -0.05) is 45.0 Å². The highest BCUT2D eigenvalue weighted by molar-refractivity contribution is 5.85. The molecule has 0 aliphatic rings. The molecule has 0 radical (unpaired) electrons. The van der Waals surface area contributed by atoms with Crippen molar-refractivity contribution in [3.63, 3.8) is 0 Å². The van der Waals surface area contributed by atoms with E-state index in [2.05, 4.69) is 24.7 Å². The Hall–Kier alpha value is -3.02. The summed E-state index contributed by atoms with van der Waals surface area (Å²) in [5.74, 6) is 0.771. The molecule has 2 N–H and O–H groups in total. The maximum atomic E-state index is 12.3. The number of aryl methyl sites for hydroxylation is 1. The van der Waals surface area contributed by atoms with Gasteiger partial charge in [0, 0.05) is 0 Å². The lowest BCUT2D eigenvalue weighted by atomic mass is 10.0. The topological polar surface area (TPSA) is 76.7 Å². The zero-order valence-electron chi connectivity index (χ0n) is 16.8. The first kappa shape index (κ1) is 21.3. The van der Waals surface area contributed by atoms with Crippen molar-refractivity contribution >= 4 is 11.8 Å². The third-order valence-corrected chi connectivity index (χ3v) is 4.17. The van der Waals surface area contributed by atoms with Gasteiger partial charge in [-0.05, 0) is 54.7 Å². The SMILES string of the molecule is CCC(Oc1cccc(C)c1)C(=O)NNC(=O)COc1ccc(C(C)C)cc1. The lowest BCUT2D eigenvalue weighted by Gasteiger charge is -2.18. The second kappa shape index (κ2) is 10.3. The predicted molar refractivity (Wildman–Crippen MR) is 108 cm³/mol. The van der Waals surface area contributed by atoms with E-state index in [0.717, 1.165) is 5.56 Å². The monoisotopic (exact) mass is 384 g/mol. The maximum absolute atomic E-state index is 12.3. The molecule has 0 saturated heterocycles. The summed E-state index contributed by atoms with van der Waals surface area (Å²) in [5, 5.41) is 0. The van der Waals surface area contributed by atoms with Gasteiger partial charge in [0.1, 0.15) is 11.5 Å². The van der Waals surface area contributed by atoms with Gasteiger partial charge in [0.25, 0.3) is 11.8 Å². The number of hydrogen-bond acceptors (Lipinski definition) is 4. The highest BCUT2D eigenvalue weighted by atomic mass is 16.5. The van der Waals surface area contributed by atoms with Crippen molar-refractivity contribution in [1.29, 1.82) is 0 Å². The number of nitrogens with one attached hydrogen (secondary N) is 2. The zero-order chi connectivity index (χ0) is 20.5. The maximum Gasteiger partial charge on any atom is 0.279 e. The van der Waals surface area contributed by atoms with Crippen molar-refractivity contribution in [3.8, 4) is 11.5 Å². The second-order valence-corrected chi connectivity index (χ2v) is 6.88. The lowest BCUT2D eigenvalue weighted by molar-refractivity contribution is -0.134. The first-order valence-corrected chi connectivity index (χ1v) is 9.43. The number of carbonyl (C=O) groups excluding carboxylic acids is 2. The van der Waals surface area contributed by atoms with Gasteiger partial charge in [0.05, 0.1) is 0 Å². The van der Waals surface area contributed by atoms with Crippen LogP contribution in [-0.2, 0) is 9.59 Å². The van der Waals surface area contributed by atoms with E-state index in [0.29, 0.717) is 23.8 Å². The van der Waals surface area contributed by atoms with Gasteiger partial charge in [-0.15, -0.1) is 0 Å². The molecule has 2 amide bonds. The van der Waals surface area contributed by atoms with Crippen LogP contribution in [0.2, 0.25) is 0 Å². The minimum Gasteiger partial charge on any atom is -0.484 e. The van der Waals surface area contributed by atoms with Crippen LogP contribution in [0.4, 0.5) is 0 Å². The molecule has 1 unspecified atom stereocenters. The number of hydrazine groups is 1. The van der Waals surface area contributed by atoms with Crippen molar-refractivity contribution in [2.75, 3.05) is 6.61 Å². The van der Waals surface area contributed by atoms with Crippen molar-refractivity contribution in [2.45, 2.75) is 46.1 Å². The second-order valence-electron chi connectivity index (χ2n) is 6.88. The van der Waals surface area contributed by atoms with E-state index in [-0.39, 0.29) is 6.61 Å². The molecule has 1 atom stereocenters. The third kappa shape index (κ3) is 6.61. The summed E-state index contributed by atoms with van der Waals surface area (Å²) in [4.78, 5) is 24.2. The molecule has 6 nitrogen and oxygen atoms in total. The molecule has 0 fully saturated rings. The minimum atomic E-state index is -0.702. The van der Waals surface area contributed by atoms with Crippen LogP contribution in [0.1, 0.15) is 44.2 Å². The molecule has 0 heterocycles. The first-order chi connectivity index (χ1) is 13.4. The normalized spacial score (nSPS) is 11.6. The van der Waals surface area contributed by atoms with Crippen LogP contribution in [0.25, 0.3) is 0 Å². The van der Waals surface area contributed by atoms with Crippen LogP contribution in [0, 0.1) is 6.92 Å². The van der Waals surface area contributed by atoms with Crippen LogP contribution in [0.15, 0.2) is 48.5 Å². The van der Waals surface area contributed by atoms with Crippen molar-refractivity contribution in [2.24, 2.45) is 0 Å². The summed E-state index contributed by atoms with van der Waals surface area (Å²) in [5.41, 5.74) is 6.97. The van der Waals surface area contributed by atoms with E-state index >= 15 is 0 Å². The number of carbonyl (C=O) groups is 2. The molecule has 0 saturated carbocycles. The molecule has 150 valence electrons. The predicted octanol–water partition coefficient (Wildman–Crippen LogP) is 3.50. The average molecular weight is 384 g/mol. The van der Waals surface area contributed by atoms with Crippen LogP contribution < -0.4 is 20.3 Å². The Bertz CT molecular complexity index is 787. The zero-order valence-corrected chi connectivity index (χ0v) is 16.8. The number of ether oxygens (including phenoxy) is 2. The smallest absolute Gasteiger partial charge is 0.279 e. The number of amides is 2. The summed E-state index contributed by atoms with van der Waals surface area (Å²) in [7, 11) is 0. The lowest BCUT2D eigenvalue weighted by Crippen LogP contribution is -2.49. The Morgan fingerprint density at radius 3 is 2.32 bits per heavy atom. The molecular formula is C22H28N2O4. The van der Waals surface area contributed by atoms with Gasteiger partial charge in [0.2, 0.25) is 0 Å². The number of hydrogen-bond donors (Lipinski definition) is 2. The molecule has 0 aliphatic heterocycles. The van der Waals surface area contributed by atoms with Crippen LogP contribution >= 0.6 is 0 Å². The Balaban J connectivity index is 1.77. The number of benzene rings is 2. The third-order valence-electron chi connectivity index (χ3n) is 4.17. The molecule has 2 rings (SSSR count). The molecule has 2 aromatic rings. The Morgan fingerprint density at radius 2 is 1.71 bits per heavy atom. The Morgan fingerprint density at radius 1 is 1.00 bits per heavy atom. The molecule has 0 aliphatic carbocycles. The highest BCUT2D eigenvalue weighted by Gasteiger charge is 2.19. The quantitative estimate of drug-likeness (QED) is 0.683. The fourth-order valence-electron chi connectivity index (χ4n) is 2.52. The van der Waals surface area contributed by atoms with E-state index in [1.807, 2.05) is 56.3 Å². The van der Waals surface area contributed by atoms with Crippen molar-refractivity contribution < 1.29 is 19.1 Å². The highest BCUT2D eigenvalue weighted by Crippen LogP contribution is 2.18. The fourth-order valence-corrected chi connectivity index (χ4v) is 2.52. The van der Waals surface area contributed by atoms with E-state index in [1.165, 1.54) is 5.56 Å². The molecule has 6 heteroatoms. The Kier molecular flexibility index (Phi) is 7.87. The van der Waals surface area contributed by atoms with Gasteiger partial charge in [-0.2, -0.15) is 0 Å². The average Bonchev–Trinajstić information content (AvgIpc) is 2.69. The van der Waals surface area contributed by atoms with Gasteiger partial charge >= 0.3 is 0 Å². The number of rotatable bonds is 8. The fraction of sp³-hybridized carbons (Fsp3) is 0.364. The van der Waals surface area contributed by atoms with Crippen LogP contribution in [0.3, 0.4) is 0 Å².